The molecule has 1 aromatic heterocycles. The van der Waals surface area contributed by atoms with Gasteiger partial charge in [-0.05, 0) is 43.5 Å². The molecule has 0 bridgehead atoms. The van der Waals surface area contributed by atoms with E-state index in [1.54, 1.807) is 0 Å². The van der Waals surface area contributed by atoms with Gasteiger partial charge in [-0.3, -0.25) is 0 Å². The molecular formula is C10H18N4S. The van der Waals surface area contributed by atoms with Crippen LogP contribution in [0.4, 0.5) is 0 Å². The summed E-state index contributed by atoms with van der Waals surface area (Å²) in [5.74, 6) is 0.816. The second kappa shape index (κ2) is 5.53. The molecule has 1 unspecified atom stereocenters. The van der Waals surface area contributed by atoms with Crippen LogP contribution in [0.1, 0.15) is 19.0 Å². The van der Waals surface area contributed by atoms with Gasteiger partial charge in [-0.25, -0.2) is 0 Å². The number of rotatable bonds is 5. The zero-order valence-electron chi connectivity index (χ0n) is 9.15. The second-order valence-electron chi connectivity index (χ2n) is 4.08. The summed E-state index contributed by atoms with van der Waals surface area (Å²) in [4.78, 5) is 2.51. The van der Waals surface area contributed by atoms with Crippen LogP contribution >= 0.6 is 11.5 Å². The summed E-state index contributed by atoms with van der Waals surface area (Å²) in [6.07, 6.45) is 1.33. The van der Waals surface area contributed by atoms with Crippen LogP contribution in [0.2, 0.25) is 0 Å². The van der Waals surface area contributed by atoms with Crippen LogP contribution in [0, 0.1) is 5.92 Å². The van der Waals surface area contributed by atoms with Crippen LogP contribution in [0.15, 0.2) is 5.38 Å². The van der Waals surface area contributed by atoms with Crippen molar-refractivity contribution in [1.82, 2.24) is 19.8 Å². The highest BCUT2D eigenvalue weighted by molar-refractivity contribution is 7.03. The second-order valence-corrected chi connectivity index (χ2v) is 4.68. The predicted octanol–water partition coefficient (Wildman–Crippen LogP) is 0.969. The van der Waals surface area contributed by atoms with Gasteiger partial charge in [0.25, 0.3) is 0 Å². The van der Waals surface area contributed by atoms with Crippen molar-refractivity contribution in [2.24, 2.45) is 5.92 Å². The maximum atomic E-state index is 4.01. The maximum absolute atomic E-state index is 4.01. The monoisotopic (exact) mass is 226 g/mol. The molecule has 0 aliphatic carbocycles. The third-order valence-electron chi connectivity index (χ3n) is 2.96. The average molecular weight is 226 g/mol. The molecule has 0 amide bonds. The van der Waals surface area contributed by atoms with Crippen molar-refractivity contribution in [3.63, 3.8) is 0 Å². The van der Waals surface area contributed by atoms with Crippen molar-refractivity contribution >= 4 is 11.5 Å². The third-order valence-corrected chi connectivity index (χ3v) is 3.51. The molecule has 0 spiro atoms. The highest BCUT2D eigenvalue weighted by Crippen LogP contribution is 2.14. The lowest BCUT2D eigenvalue weighted by molar-refractivity contribution is 0.338. The van der Waals surface area contributed by atoms with Crippen LogP contribution in [0.25, 0.3) is 0 Å². The third kappa shape index (κ3) is 3.22. The Kier molecular flexibility index (Phi) is 4.05. The first-order valence-electron chi connectivity index (χ1n) is 5.57. The molecule has 1 aliphatic heterocycles. The highest BCUT2D eigenvalue weighted by Gasteiger charge is 2.20. The van der Waals surface area contributed by atoms with Gasteiger partial charge in [-0.15, -0.1) is 5.10 Å². The Hall–Kier alpha value is -0.520. The molecule has 15 heavy (non-hydrogen) atoms. The summed E-state index contributed by atoms with van der Waals surface area (Å²) < 4.78 is 3.84. The maximum Gasteiger partial charge on any atom is 0.0893 e. The van der Waals surface area contributed by atoms with E-state index >= 15 is 0 Å². The SMILES string of the molecule is CCN1CCC(CNCc2csnn2)C1. The molecule has 0 radical (unpaired) electrons. The Morgan fingerprint density at radius 2 is 2.60 bits per heavy atom. The van der Waals surface area contributed by atoms with E-state index < -0.39 is 0 Å². The van der Waals surface area contributed by atoms with E-state index in [-0.39, 0.29) is 0 Å². The van der Waals surface area contributed by atoms with Gasteiger partial charge < -0.3 is 10.2 Å². The van der Waals surface area contributed by atoms with Gasteiger partial charge in [0.1, 0.15) is 0 Å². The minimum Gasteiger partial charge on any atom is -0.311 e. The highest BCUT2D eigenvalue weighted by atomic mass is 32.1. The molecule has 2 rings (SSSR count). The molecule has 1 aromatic rings. The van der Waals surface area contributed by atoms with Crippen molar-refractivity contribution in [2.45, 2.75) is 19.9 Å². The van der Waals surface area contributed by atoms with Crippen molar-refractivity contribution in [1.29, 1.82) is 0 Å². The largest absolute Gasteiger partial charge is 0.311 e. The number of hydrogen-bond donors (Lipinski definition) is 1. The fraction of sp³-hybridized carbons (Fsp3) is 0.800. The predicted molar refractivity (Wildman–Crippen MR) is 61.8 cm³/mol. The molecule has 1 atom stereocenters. The Bertz CT molecular complexity index is 275. The lowest BCUT2D eigenvalue weighted by Gasteiger charge is -2.13. The summed E-state index contributed by atoms with van der Waals surface area (Å²) in [7, 11) is 0. The summed E-state index contributed by atoms with van der Waals surface area (Å²) in [5.41, 5.74) is 1.06. The molecule has 0 saturated carbocycles. The first kappa shape index (κ1) is 11.0. The summed E-state index contributed by atoms with van der Waals surface area (Å²) >= 11 is 1.42. The Labute approximate surface area is 94.8 Å². The van der Waals surface area contributed by atoms with E-state index in [9.17, 15) is 0 Å². The quantitative estimate of drug-likeness (QED) is 0.812. The van der Waals surface area contributed by atoms with Gasteiger partial charge in [-0.1, -0.05) is 11.4 Å². The summed E-state index contributed by atoms with van der Waals surface area (Å²) in [6.45, 7) is 7.90. The van der Waals surface area contributed by atoms with E-state index in [4.69, 9.17) is 0 Å². The molecule has 4 nitrogen and oxygen atoms in total. The normalized spacial score (nSPS) is 22.3. The van der Waals surface area contributed by atoms with E-state index in [0.717, 1.165) is 24.7 Å². The van der Waals surface area contributed by atoms with E-state index in [2.05, 4.69) is 26.7 Å². The minimum atomic E-state index is 0.816. The smallest absolute Gasteiger partial charge is 0.0893 e. The fourth-order valence-corrected chi connectivity index (χ4v) is 2.48. The summed E-state index contributed by atoms with van der Waals surface area (Å²) in [6, 6.07) is 0. The standard InChI is InChI=1S/C10H18N4S/c1-2-14-4-3-9(7-14)5-11-6-10-8-15-13-12-10/h8-9,11H,2-7H2,1H3. The first-order chi connectivity index (χ1) is 7.38. The first-order valence-corrected chi connectivity index (χ1v) is 6.41. The minimum absolute atomic E-state index is 0.816. The van der Waals surface area contributed by atoms with Gasteiger partial charge in [-0.2, -0.15) is 0 Å². The van der Waals surface area contributed by atoms with Gasteiger partial charge in [0, 0.05) is 18.5 Å². The molecule has 2 heterocycles. The summed E-state index contributed by atoms with van der Waals surface area (Å²) in [5, 5.41) is 9.46. The number of nitrogens with one attached hydrogen (secondary N) is 1. The van der Waals surface area contributed by atoms with E-state index in [1.807, 2.05) is 5.38 Å². The zero-order chi connectivity index (χ0) is 10.5. The van der Waals surface area contributed by atoms with Crippen molar-refractivity contribution < 1.29 is 0 Å². The van der Waals surface area contributed by atoms with Crippen LogP contribution < -0.4 is 5.32 Å². The number of hydrogen-bond acceptors (Lipinski definition) is 5. The lowest BCUT2D eigenvalue weighted by atomic mass is 10.1. The molecule has 0 aromatic carbocycles. The molecule has 1 aliphatic rings. The van der Waals surface area contributed by atoms with E-state index in [1.165, 1.54) is 37.6 Å². The lowest BCUT2D eigenvalue weighted by Crippen LogP contribution is -2.26. The van der Waals surface area contributed by atoms with Gasteiger partial charge in [0.2, 0.25) is 0 Å². The number of likely N-dealkylation sites (tertiary alicyclic amines) is 1. The Morgan fingerprint density at radius 3 is 3.27 bits per heavy atom. The van der Waals surface area contributed by atoms with Crippen LogP contribution in [-0.2, 0) is 6.54 Å². The van der Waals surface area contributed by atoms with Crippen molar-refractivity contribution in [3.05, 3.63) is 11.1 Å². The molecule has 5 heteroatoms. The Morgan fingerprint density at radius 1 is 1.67 bits per heavy atom. The van der Waals surface area contributed by atoms with Gasteiger partial charge in [0.15, 0.2) is 0 Å². The molecule has 1 N–H and O–H groups in total. The molecule has 84 valence electrons. The molecular weight excluding hydrogens is 208 g/mol. The zero-order valence-corrected chi connectivity index (χ0v) is 9.96. The van der Waals surface area contributed by atoms with Crippen LogP contribution in [0.5, 0.6) is 0 Å². The van der Waals surface area contributed by atoms with Crippen molar-refractivity contribution in [3.8, 4) is 0 Å². The fourth-order valence-electron chi connectivity index (χ4n) is 2.03. The molecule has 1 fully saturated rings. The Balaban J connectivity index is 1.63. The van der Waals surface area contributed by atoms with Crippen molar-refractivity contribution in [2.75, 3.05) is 26.2 Å². The van der Waals surface area contributed by atoms with Gasteiger partial charge >= 0.3 is 0 Å². The average Bonchev–Trinajstić information content (AvgIpc) is 2.88. The molecule has 1 saturated heterocycles. The van der Waals surface area contributed by atoms with E-state index in [0.29, 0.717) is 0 Å². The van der Waals surface area contributed by atoms with Gasteiger partial charge in [0.05, 0.1) is 5.69 Å². The number of nitrogens with zero attached hydrogens (tertiary/aromatic N) is 3. The number of aromatic nitrogens is 2. The topological polar surface area (TPSA) is 41.0 Å². The van der Waals surface area contributed by atoms with Crippen LogP contribution in [0.3, 0.4) is 0 Å². The van der Waals surface area contributed by atoms with Crippen LogP contribution in [-0.4, -0.2) is 40.7 Å².